The van der Waals surface area contributed by atoms with Crippen molar-refractivity contribution in [2.24, 2.45) is 7.05 Å². The van der Waals surface area contributed by atoms with Gasteiger partial charge in [-0.2, -0.15) is 0 Å². The van der Waals surface area contributed by atoms with Crippen molar-refractivity contribution in [2.75, 3.05) is 0 Å². The lowest BCUT2D eigenvalue weighted by Crippen LogP contribution is -2.39. The molecule has 4 nitrogen and oxygen atoms in total. The smallest absolute Gasteiger partial charge is 0.296 e. The van der Waals surface area contributed by atoms with Gasteiger partial charge in [-0.15, -0.1) is 0 Å². The van der Waals surface area contributed by atoms with E-state index < -0.39 is 22.9 Å². The number of halogens is 3. The van der Waals surface area contributed by atoms with E-state index in [4.69, 9.17) is 0 Å². The third-order valence-electron chi connectivity index (χ3n) is 5.11. The van der Waals surface area contributed by atoms with Gasteiger partial charge >= 0.3 is 5.69 Å². The van der Waals surface area contributed by atoms with Crippen molar-refractivity contribution in [1.82, 2.24) is 9.13 Å². The van der Waals surface area contributed by atoms with E-state index in [9.17, 15) is 22.8 Å². The second-order valence-electron chi connectivity index (χ2n) is 7.32. The van der Waals surface area contributed by atoms with Gasteiger partial charge in [-0.25, -0.2) is 18.0 Å². The first kappa shape index (κ1) is 21.2. The van der Waals surface area contributed by atoms with E-state index in [1.165, 1.54) is 29.8 Å². The van der Waals surface area contributed by atoms with E-state index in [1.54, 1.807) is 30.3 Å². The van der Waals surface area contributed by atoms with E-state index in [2.05, 4.69) is 11.8 Å². The molecule has 0 amide bonds. The van der Waals surface area contributed by atoms with Crippen LogP contribution in [0.2, 0.25) is 0 Å². The summed E-state index contributed by atoms with van der Waals surface area (Å²) in [5.41, 5.74) is 1.05. The van der Waals surface area contributed by atoms with Gasteiger partial charge in [0.1, 0.15) is 5.82 Å². The van der Waals surface area contributed by atoms with E-state index in [0.717, 1.165) is 22.3 Å². The lowest BCUT2D eigenvalue weighted by Gasteiger charge is -2.11. The molecule has 4 rings (SSSR count). The zero-order valence-electron chi connectivity index (χ0n) is 17.0. The second-order valence-corrected chi connectivity index (χ2v) is 7.32. The SMILES string of the molecule is Cn1c(=O)n(Cc2ccc(F)c(F)c2)c(=O)c2cc(C#CCc3ccc(F)cc3)ccc21. The summed E-state index contributed by atoms with van der Waals surface area (Å²) >= 11 is 0. The zero-order valence-corrected chi connectivity index (χ0v) is 17.0. The highest BCUT2D eigenvalue weighted by Crippen LogP contribution is 2.12. The molecule has 1 aromatic heterocycles. The number of benzene rings is 3. The topological polar surface area (TPSA) is 44.0 Å². The van der Waals surface area contributed by atoms with Gasteiger partial charge in [0.25, 0.3) is 5.56 Å². The molecule has 3 aromatic carbocycles. The lowest BCUT2D eigenvalue weighted by molar-refractivity contribution is 0.506. The monoisotopic (exact) mass is 434 g/mol. The molecule has 0 saturated carbocycles. The molecule has 32 heavy (non-hydrogen) atoms. The molecule has 1 heterocycles. The standard InChI is InChI=1S/C25H17F3N2O2/c1-29-23-12-8-17(4-2-3-16-5-9-19(26)10-6-16)13-20(23)24(31)30(25(29)32)15-18-7-11-21(27)22(28)14-18/h5-14H,3,15H2,1H3. The molecule has 0 aliphatic heterocycles. The van der Waals surface area contributed by atoms with E-state index in [0.29, 0.717) is 17.5 Å². The van der Waals surface area contributed by atoms with Crippen molar-refractivity contribution in [3.63, 3.8) is 0 Å². The molecular weight excluding hydrogens is 417 g/mol. The number of rotatable bonds is 3. The molecule has 0 unspecified atom stereocenters. The molecule has 0 atom stereocenters. The second kappa shape index (κ2) is 8.60. The molecule has 0 radical (unpaired) electrons. The fourth-order valence-electron chi connectivity index (χ4n) is 3.40. The van der Waals surface area contributed by atoms with Gasteiger partial charge in [0.2, 0.25) is 0 Å². The van der Waals surface area contributed by atoms with Crippen molar-refractivity contribution in [2.45, 2.75) is 13.0 Å². The molecular formula is C25H17F3N2O2. The first-order valence-corrected chi connectivity index (χ1v) is 9.74. The Kier molecular flexibility index (Phi) is 5.69. The Morgan fingerprint density at radius 1 is 0.844 bits per heavy atom. The highest BCUT2D eigenvalue weighted by molar-refractivity contribution is 5.79. The van der Waals surface area contributed by atoms with Gasteiger partial charge in [0, 0.05) is 19.0 Å². The first-order valence-electron chi connectivity index (χ1n) is 9.74. The Morgan fingerprint density at radius 3 is 2.28 bits per heavy atom. The molecule has 0 fully saturated rings. The van der Waals surface area contributed by atoms with Crippen molar-refractivity contribution in [3.8, 4) is 11.8 Å². The van der Waals surface area contributed by atoms with Crippen molar-refractivity contribution in [1.29, 1.82) is 0 Å². The van der Waals surface area contributed by atoms with Crippen LogP contribution in [0.4, 0.5) is 13.2 Å². The minimum atomic E-state index is -1.05. The van der Waals surface area contributed by atoms with E-state index in [1.807, 2.05) is 0 Å². The third-order valence-corrected chi connectivity index (χ3v) is 5.11. The Balaban J connectivity index is 1.71. The minimum absolute atomic E-state index is 0.195. The summed E-state index contributed by atoms with van der Waals surface area (Å²) in [6, 6.07) is 14.2. The molecule has 0 aliphatic rings. The Morgan fingerprint density at radius 2 is 1.56 bits per heavy atom. The normalized spacial score (nSPS) is 10.8. The van der Waals surface area contributed by atoms with Crippen molar-refractivity contribution in [3.05, 3.63) is 116 Å². The highest BCUT2D eigenvalue weighted by Gasteiger charge is 2.13. The van der Waals surface area contributed by atoms with Crippen LogP contribution in [-0.4, -0.2) is 9.13 Å². The lowest BCUT2D eigenvalue weighted by atomic mass is 10.1. The van der Waals surface area contributed by atoms with Gasteiger partial charge in [-0.3, -0.25) is 13.9 Å². The van der Waals surface area contributed by atoms with E-state index in [-0.39, 0.29) is 23.3 Å². The van der Waals surface area contributed by atoms with E-state index >= 15 is 0 Å². The summed E-state index contributed by atoms with van der Waals surface area (Å²) in [5.74, 6) is 3.59. The number of nitrogens with zero attached hydrogens (tertiary/aromatic N) is 2. The quantitative estimate of drug-likeness (QED) is 0.461. The summed E-state index contributed by atoms with van der Waals surface area (Å²) in [4.78, 5) is 25.7. The summed E-state index contributed by atoms with van der Waals surface area (Å²) in [5, 5.41) is 0.281. The van der Waals surface area contributed by atoms with Gasteiger partial charge in [0.15, 0.2) is 11.6 Å². The average molecular weight is 434 g/mol. The Labute approximate surface area is 181 Å². The maximum Gasteiger partial charge on any atom is 0.331 e. The summed E-state index contributed by atoms with van der Waals surface area (Å²) in [6.07, 6.45) is 0.409. The average Bonchev–Trinajstić information content (AvgIpc) is 2.79. The first-order chi connectivity index (χ1) is 15.3. The summed E-state index contributed by atoms with van der Waals surface area (Å²) in [6.45, 7) is -0.195. The Hall–Kier alpha value is -4.05. The number of hydrogen-bond acceptors (Lipinski definition) is 2. The molecule has 0 spiro atoms. The van der Waals surface area contributed by atoms with Crippen LogP contribution in [0.1, 0.15) is 16.7 Å². The fraction of sp³-hybridized carbons (Fsp3) is 0.120. The van der Waals surface area contributed by atoms with Crippen LogP contribution in [-0.2, 0) is 20.0 Å². The predicted octanol–water partition coefficient (Wildman–Crippen LogP) is 3.76. The zero-order chi connectivity index (χ0) is 22.8. The number of hydrogen-bond donors (Lipinski definition) is 0. The molecule has 7 heteroatoms. The van der Waals surface area contributed by atoms with Crippen LogP contribution in [0, 0.1) is 29.3 Å². The summed E-state index contributed by atoms with van der Waals surface area (Å²) in [7, 11) is 1.53. The maximum absolute atomic E-state index is 13.5. The van der Waals surface area contributed by atoms with Gasteiger partial charge in [0.05, 0.1) is 17.4 Å². The van der Waals surface area contributed by atoms with Gasteiger partial charge < -0.3 is 0 Å². The van der Waals surface area contributed by atoms with Crippen LogP contribution < -0.4 is 11.2 Å². The van der Waals surface area contributed by atoms with Crippen LogP contribution >= 0.6 is 0 Å². The Bertz CT molecular complexity index is 1510. The highest BCUT2D eigenvalue weighted by atomic mass is 19.2. The minimum Gasteiger partial charge on any atom is -0.296 e. The largest absolute Gasteiger partial charge is 0.331 e. The number of aromatic nitrogens is 2. The van der Waals surface area contributed by atoms with Gasteiger partial charge in [-0.1, -0.05) is 30.0 Å². The van der Waals surface area contributed by atoms with Crippen LogP contribution in [0.25, 0.3) is 10.9 Å². The van der Waals surface area contributed by atoms with Gasteiger partial charge in [-0.05, 0) is 53.6 Å². The van der Waals surface area contributed by atoms with Crippen molar-refractivity contribution >= 4 is 10.9 Å². The van der Waals surface area contributed by atoms with Crippen LogP contribution in [0.3, 0.4) is 0 Å². The van der Waals surface area contributed by atoms with Crippen molar-refractivity contribution < 1.29 is 13.2 Å². The molecule has 0 bridgehead atoms. The van der Waals surface area contributed by atoms with Crippen LogP contribution in [0.5, 0.6) is 0 Å². The third kappa shape index (κ3) is 4.21. The number of aryl methyl sites for hydroxylation is 1. The fourth-order valence-corrected chi connectivity index (χ4v) is 3.40. The summed E-state index contributed by atoms with van der Waals surface area (Å²) < 4.78 is 42.1. The molecule has 0 saturated heterocycles. The maximum atomic E-state index is 13.5. The molecule has 0 N–H and O–H groups in total. The number of fused-ring (bicyclic) bond motifs is 1. The molecule has 4 aromatic rings. The predicted molar refractivity (Wildman–Crippen MR) is 116 cm³/mol. The molecule has 0 aliphatic carbocycles. The van der Waals surface area contributed by atoms with Crippen LogP contribution in [0.15, 0.2) is 70.3 Å². The molecule has 160 valence electrons.